The van der Waals surface area contributed by atoms with Crippen molar-refractivity contribution in [2.75, 3.05) is 31.5 Å². The average Bonchev–Trinajstić information content (AvgIpc) is 2.85. The van der Waals surface area contributed by atoms with Crippen molar-refractivity contribution in [1.29, 1.82) is 0 Å². The Hall–Kier alpha value is -2.97. The van der Waals surface area contributed by atoms with Gasteiger partial charge in [0, 0.05) is 38.4 Å². The van der Waals surface area contributed by atoms with Gasteiger partial charge in [-0.3, -0.25) is 0 Å². The Morgan fingerprint density at radius 3 is 2.46 bits per heavy atom. The summed E-state index contributed by atoms with van der Waals surface area (Å²) in [5.41, 5.74) is 6.21. The Morgan fingerprint density at radius 1 is 1.11 bits per heavy atom. The van der Waals surface area contributed by atoms with Crippen molar-refractivity contribution in [3.05, 3.63) is 29.8 Å². The summed E-state index contributed by atoms with van der Waals surface area (Å²) in [5, 5.41) is 5.55. The highest BCUT2D eigenvalue weighted by Gasteiger charge is 2.21. The lowest BCUT2D eigenvalue weighted by atomic mass is 10.2. The smallest absolute Gasteiger partial charge is 0.407 e. The van der Waals surface area contributed by atoms with Crippen molar-refractivity contribution in [2.24, 2.45) is 5.73 Å². The molecule has 1 aliphatic heterocycles. The van der Waals surface area contributed by atoms with E-state index in [0.29, 0.717) is 38.3 Å². The molecule has 0 aromatic heterocycles. The molecule has 0 radical (unpaired) electrons. The topological polar surface area (TPSA) is 117 Å². The van der Waals surface area contributed by atoms with E-state index in [2.05, 4.69) is 10.6 Å². The monoisotopic (exact) mass is 391 g/mol. The van der Waals surface area contributed by atoms with Gasteiger partial charge in [0.2, 0.25) is 0 Å². The van der Waals surface area contributed by atoms with Crippen LogP contribution in [0.15, 0.2) is 24.3 Å². The zero-order valence-corrected chi connectivity index (χ0v) is 16.7. The van der Waals surface area contributed by atoms with E-state index in [1.54, 1.807) is 43.9 Å². The molecule has 4 N–H and O–H groups in total. The number of ether oxygens (including phenoxy) is 1. The van der Waals surface area contributed by atoms with E-state index in [4.69, 9.17) is 10.5 Å². The number of urea groups is 2. The van der Waals surface area contributed by atoms with Gasteiger partial charge in [-0.1, -0.05) is 12.1 Å². The molecular weight excluding hydrogens is 362 g/mol. The first-order valence-electron chi connectivity index (χ1n) is 9.30. The summed E-state index contributed by atoms with van der Waals surface area (Å²) in [6.45, 7) is 7.63. The van der Waals surface area contributed by atoms with Crippen molar-refractivity contribution in [3.8, 4) is 0 Å². The van der Waals surface area contributed by atoms with E-state index >= 15 is 0 Å². The maximum atomic E-state index is 12.5. The fraction of sp³-hybridized carbons (Fsp3) is 0.526. The Bertz CT molecular complexity index is 717. The van der Waals surface area contributed by atoms with Gasteiger partial charge in [-0.2, -0.15) is 0 Å². The number of hydrogen-bond donors (Lipinski definition) is 3. The molecule has 1 fully saturated rings. The molecule has 5 amide bonds. The molecule has 1 aromatic carbocycles. The largest absolute Gasteiger partial charge is 0.444 e. The molecule has 0 bridgehead atoms. The van der Waals surface area contributed by atoms with Gasteiger partial charge >= 0.3 is 18.2 Å². The predicted octanol–water partition coefficient (Wildman–Crippen LogP) is 2.33. The molecule has 9 nitrogen and oxygen atoms in total. The summed E-state index contributed by atoms with van der Waals surface area (Å²) in [6.07, 6.45) is 0.182. The van der Waals surface area contributed by atoms with Gasteiger partial charge < -0.3 is 30.9 Å². The van der Waals surface area contributed by atoms with Gasteiger partial charge in [0.15, 0.2) is 0 Å². The zero-order valence-electron chi connectivity index (χ0n) is 16.7. The highest BCUT2D eigenvalue weighted by atomic mass is 16.6. The second-order valence-corrected chi connectivity index (χ2v) is 7.65. The third kappa shape index (κ3) is 6.98. The third-order valence-corrected chi connectivity index (χ3v) is 4.11. The molecule has 1 saturated heterocycles. The van der Waals surface area contributed by atoms with Crippen LogP contribution < -0.4 is 16.4 Å². The van der Waals surface area contributed by atoms with Crippen molar-refractivity contribution in [1.82, 2.24) is 15.1 Å². The first-order chi connectivity index (χ1) is 13.1. The summed E-state index contributed by atoms with van der Waals surface area (Å²) < 4.78 is 5.21. The van der Waals surface area contributed by atoms with E-state index in [1.165, 1.54) is 4.90 Å². The van der Waals surface area contributed by atoms with E-state index in [0.717, 1.165) is 5.56 Å². The standard InChI is InChI=1S/C19H29N5O4/c1-19(2,3)28-18(27)21-13-14-6-4-7-15(12-14)22-17(26)24-9-5-8-23(10-11-24)16(20)25/h4,6-7,12H,5,8-11,13H2,1-3H3,(H2,20,25)(H,21,27)(H,22,26). The van der Waals surface area contributed by atoms with Crippen LogP contribution >= 0.6 is 0 Å². The second kappa shape index (κ2) is 9.29. The quantitative estimate of drug-likeness (QED) is 0.733. The predicted molar refractivity (Wildman–Crippen MR) is 106 cm³/mol. The van der Waals surface area contributed by atoms with Crippen molar-refractivity contribution >= 4 is 23.8 Å². The molecule has 0 saturated carbocycles. The van der Waals surface area contributed by atoms with E-state index in [-0.39, 0.29) is 12.6 Å². The highest BCUT2D eigenvalue weighted by molar-refractivity contribution is 5.89. The molecule has 28 heavy (non-hydrogen) atoms. The molecule has 1 aliphatic rings. The van der Waals surface area contributed by atoms with Crippen LogP contribution in [-0.4, -0.2) is 59.7 Å². The number of benzene rings is 1. The van der Waals surface area contributed by atoms with Crippen LogP contribution in [0.4, 0.5) is 20.1 Å². The summed E-state index contributed by atoms with van der Waals surface area (Å²) in [4.78, 5) is 38.8. The first-order valence-corrected chi connectivity index (χ1v) is 9.30. The first kappa shape index (κ1) is 21.3. The lowest BCUT2D eigenvalue weighted by Gasteiger charge is -2.22. The second-order valence-electron chi connectivity index (χ2n) is 7.65. The Kier molecular flexibility index (Phi) is 7.08. The van der Waals surface area contributed by atoms with E-state index in [9.17, 15) is 14.4 Å². The fourth-order valence-corrected chi connectivity index (χ4v) is 2.79. The number of carbonyl (C=O) groups is 3. The van der Waals surface area contributed by atoms with E-state index < -0.39 is 17.7 Å². The Labute approximate surface area is 165 Å². The van der Waals surface area contributed by atoms with Gasteiger partial charge in [0.1, 0.15) is 5.60 Å². The number of alkyl carbamates (subject to hydrolysis) is 1. The van der Waals surface area contributed by atoms with Crippen molar-refractivity contribution in [2.45, 2.75) is 39.3 Å². The number of amides is 5. The molecule has 0 atom stereocenters. The number of anilines is 1. The number of nitrogens with two attached hydrogens (primary N) is 1. The minimum Gasteiger partial charge on any atom is -0.444 e. The number of hydrogen-bond acceptors (Lipinski definition) is 4. The Morgan fingerprint density at radius 2 is 1.79 bits per heavy atom. The van der Waals surface area contributed by atoms with Crippen LogP contribution in [0.5, 0.6) is 0 Å². The number of rotatable bonds is 3. The minimum absolute atomic E-state index is 0.233. The lowest BCUT2D eigenvalue weighted by Crippen LogP contribution is -2.41. The van der Waals surface area contributed by atoms with Gasteiger partial charge in [0.25, 0.3) is 0 Å². The van der Waals surface area contributed by atoms with Crippen LogP contribution in [0.3, 0.4) is 0 Å². The van der Waals surface area contributed by atoms with Crippen molar-refractivity contribution < 1.29 is 19.1 Å². The maximum absolute atomic E-state index is 12.5. The number of nitrogens with zero attached hydrogens (tertiary/aromatic N) is 2. The number of primary amides is 1. The van der Waals surface area contributed by atoms with Gasteiger partial charge in [-0.25, -0.2) is 14.4 Å². The molecular formula is C19H29N5O4. The number of carbonyl (C=O) groups excluding carboxylic acids is 3. The molecule has 154 valence electrons. The average molecular weight is 391 g/mol. The lowest BCUT2D eigenvalue weighted by molar-refractivity contribution is 0.0523. The maximum Gasteiger partial charge on any atom is 0.407 e. The van der Waals surface area contributed by atoms with Crippen LogP contribution in [-0.2, 0) is 11.3 Å². The SMILES string of the molecule is CC(C)(C)OC(=O)NCc1cccc(NC(=O)N2CCCN(C(N)=O)CC2)c1. The normalized spacial score (nSPS) is 14.8. The van der Waals surface area contributed by atoms with Crippen LogP contribution in [0.25, 0.3) is 0 Å². The molecule has 9 heteroatoms. The van der Waals surface area contributed by atoms with Gasteiger partial charge in [-0.15, -0.1) is 0 Å². The molecule has 1 heterocycles. The third-order valence-electron chi connectivity index (χ3n) is 4.11. The Balaban J connectivity index is 1.88. The highest BCUT2D eigenvalue weighted by Crippen LogP contribution is 2.13. The molecule has 2 rings (SSSR count). The summed E-state index contributed by atoms with van der Waals surface area (Å²) in [7, 11) is 0. The molecule has 0 aliphatic carbocycles. The van der Waals surface area contributed by atoms with Gasteiger partial charge in [0.05, 0.1) is 0 Å². The summed E-state index contributed by atoms with van der Waals surface area (Å²) in [5.74, 6) is 0. The van der Waals surface area contributed by atoms with E-state index in [1.807, 2.05) is 6.07 Å². The van der Waals surface area contributed by atoms with Crippen LogP contribution in [0.2, 0.25) is 0 Å². The molecule has 0 spiro atoms. The summed E-state index contributed by atoms with van der Waals surface area (Å²) >= 11 is 0. The van der Waals surface area contributed by atoms with Crippen LogP contribution in [0, 0.1) is 0 Å². The summed E-state index contributed by atoms with van der Waals surface area (Å²) in [6, 6.07) is 6.53. The van der Waals surface area contributed by atoms with Gasteiger partial charge in [-0.05, 0) is 44.9 Å². The minimum atomic E-state index is -0.558. The number of nitrogens with one attached hydrogen (secondary N) is 2. The fourth-order valence-electron chi connectivity index (χ4n) is 2.79. The van der Waals surface area contributed by atoms with Crippen molar-refractivity contribution in [3.63, 3.8) is 0 Å². The van der Waals surface area contributed by atoms with Crippen LogP contribution in [0.1, 0.15) is 32.8 Å². The zero-order chi connectivity index (χ0) is 20.7. The molecule has 0 unspecified atom stereocenters. The molecule has 1 aromatic rings.